The molecule has 1 saturated heterocycles. The fraction of sp³-hybridized carbons (Fsp3) is 0.333. The van der Waals surface area contributed by atoms with Gasteiger partial charge in [-0.15, -0.1) is 0 Å². The maximum Gasteiger partial charge on any atom is 0.338 e. The third kappa shape index (κ3) is 4.23. The standard InChI is InChI=1S/C18H19NO5/c20-17(16-4-1-9-19-16)12-24-18(21)13-5-7-14(8-6-13)23-11-15-3-2-10-22-15/h1,4-9,15,19H,2-3,10-12H2. The lowest BCUT2D eigenvalue weighted by molar-refractivity contribution is 0.0473. The van der Waals surface area contributed by atoms with Gasteiger partial charge in [0.25, 0.3) is 0 Å². The fourth-order valence-corrected chi connectivity index (χ4v) is 2.45. The van der Waals surface area contributed by atoms with Crippen molar-refractivity contribution in [1.82, 2.24) is 4.98 Å². The molecule has 1 aromatic heterocycles. The number of ether oxygens (including phenoxy) is 3. The fourth-order valence-electron chi connectivity index (χ4n) is 2.45. The van der Waals surface area contributed by atoms with E-state index < -0.39 is 5.97 Å². The number of aromatic nitrogens is 1. The molecule has 1 aliphatic heterocycles. The molecular weight excluding hydrogens is 310 g/mol. The number of carbonyl (C=O) groups excluding carboxylic acids is 2. The topological polar surface area (TPSA) is 77.6 Å². The average molecular weight is 329 g/mol. The lowest BCUT2D eigenvalue weighted by Gasteiger charge is -2.11. The molecule has 6 nitrogen and oxygen atoms in total. The van der Waals surface area contributed by atoms with Crippen molar-refractivity contribution in [3.05, 3.63) is 53.9 Å². The maximum absolute atomic E-state index is 12.0. The van der Waals surface area contributed by atoms with Gasteiger partial charge in [-0.1, -0.05) is 0 Å². The zero-order valence-electron chi connectivity index (χ0n) is 13.2. The Morgan fingerprint density at radius 2 is 2.04 bits per heavy atom. The van der Waals surface area contributed by atoms with Crippen LogP contribution >= 0.6 is 0 Å². The molecule has 3 rings (SSSR count). The predicted octanol–water partition coefficient (Wildman–Crippen LogP) is 2.61. The normalized spacial score (nSPS) is 16.8. The summed E-state index contributed by atoms with van der Waals surface area (Å²) in [6.07, 6.45) is 3.87. The summed E-state index contributed by atoms with van der Waals surface area (Å²) in [6, 6.07) is 10.00. The Morgan fingerprint density at radius 3 is 2.71 bits per heavy atom. The summed E-state index contributed by atoms with van der Waals surface area (Å²) in [5.74, 6) is -0.144. The maximum atomic E-state index is 12.0. The Bertz CT molecular complexity index is 672. The number of benzene rings is 1. The van der Waals surface area contributed by atoms with E-state index in [1.54, 1.807) is 42.6 Å². The molecule has 1 aromatic carbocycles. The number of hydrogen-bond donors (Lipinski definition) is 1. The molecule has 1 unspecified atom stereocenters. The molecule has 0 aliphatic carbocycles. The zero-order valence-corrected chi connectivity index (χ0v) is 13.2. The first-order valence-corrected chi connectivity index (χ1v) is 7.90. The summed E-state index contributed by atoms with van der Waals surface area (Å²) in [5, 5.41) is 0. The van der Waals surface area contributed by atoms with E-state index in [0.29, 0.717) is 23.6 Å². The van der Waals surface area contributed by atoms with Crippen LogP contribution in [0.3, 0.4) is 0 Å². The minimum Gasteiger partial charge on any atom is -0.491 e. The van der Waals surface area contributed by atoms with Crippen molar-refractivity contribution < 1.29 is 23.8 Å². The van der Waals surface area contributed by atoms with Gasteiger partial charge in [0.15, 0.2) is 6.61 Å². The quantitative estimate of drug-likeness (QED) is 0.624. The minimum absolute atomic E-state index is 0.147. The van der Waals surface area contributed by atoms with Crippen LogP contribution in [-0.4, -0.2) is 42.7 Å². The largest absolute Gasteiger partial charge is 0.491 e. The van der Waals surface area contributed by atoms with Crippen LogP contribution in [0.25, 0.3) is 0 Å². The number of esters is 1. The van der Waals surface area contributed by atoms with E-state index in [0.717, 1.165) is 19.4 Å². The molecule has 0 saturated carbocycles. The van der Waals surface area contributed by atoms with Gasteiger partial charge in [0.2, 0.25) is 5.78 Å². The molecule has 1 atom stereocenters. The minimum atomic E-state index is -0.541. The number of Topliss-reactive ketones (excluding diaryl/α,β-unsaturated/α-hetero) is 1. The van der Waals surface area contributed by atoms with Gasteiger partial charge in [-0.25, -0.2) is 4.79 Å². The SMILES string of the molecule is O=C(OCC(=O)c1ccc[nH]1)c1ccc(OCC2CCCO2)cc1. The van der Waals surface area contributed by atoms with E-state index in [1.165, 1.54) is 0 Å². The van der Waals surface area contributed by atoms with E-state index in [1.807, 2.05) is 0 Å². The number of carbonyl (C=O) groups is 2. The van der Waals surface area contributed by atoms with Crippen LogP contribution in [0.1, 0.15) is 33.7 Å². The van der Waals surface area contributed by atoms with Crippen molar-refractivity contribution in [2.75, 3.05) is 19.8 Å². The van der Waals surface area contributed by atoms with Crippen molar-refractivity contribution >= 4 is 11.8 Å². The highest BCUT2D eigenvalue weighted by Gasteiger charge is 2.16. The van der Waals surface area contributed by atoms with E-state index in [-0.39, 0.29) is 18.5 Å². The molecule has 1 aliphatic rings. The van der Waals surface area contributed by atoms with Crippen LogP contribution in [0, 0.1) is 0 Å². The highest BCUT2D eigenvalue weighted by molar-refractivity contribution is 5.98. The molecular formula is C18H19NO5. The summed E-state index contributed by atoms with van der Waals surface area (Å²) >= 11 is 0. The van der Waals surface area contributed by atoms with Gasteiger partial charge in [0, 0.05) is 12.8 Å². The molecule has 0 bridgehead atoms. The summed E-state index contributed by atoms with van der Waals surface area (Å²) < 4.78 is 16.1. The summed E-state index contributed by atoms with van der Waals surface area (Å²) in [6.45, 7) is 1.01. The average Bonchev–Trinajstić information content (AvgIpc) is 3.31. The number of H-pyrrole nitrogens is 1. The van der Waals surface area contributed by atoms with E-state index in [9.17, 15) is 9.59 Å². The molecule has 24 heavy (non-hydrogen) atoms. The lowest BCUT2D eigenvalue weighted by atomic mass is 10.2. The van der Waals surface area contributed by atoms with Gasteiger partial charge in [-0.3, -0.25) is 4.79 Å². The van der Waals surface area contributed by atoms with Crippen molar-refractivity contribution in [1.29, 1.82) is 0 Å². The first-order valence-electron chi connectivity index (χ1n) is 7.90. The molecule has 0 radical (unpaired) electrons. The smallest absolute Gasteiger partial charge is 0.338 e. The Hall–Kier alpha value is -2.60. The molecule has 2 heterocycles. The van der Waals surface area contributed by atoms with E-state index in [2.05, 4.69) is 4.98 Å². The number of aromatic amines is 1. The third-order valence-corrected chi connectivity index (χ3v) is 3.78. The first-order chi connectivity index (χ1) is 11.7. The van der Waals surface area contributed by atoms with E-state index >= 15 is 0 Å². The third-order valence-electron chi connectivity index (χ3n) is 3.78. The van der Waals surface area contributed by atoms with Crippen LogP contribution in [0.15, 0.2) is 42.6 Å². The lowest BCUT2D eigenvalue weighted by Crippen LogP contribution is -2.16. The molecule has 2 aromatic rings. The van der Waals surface area contributed by atoms with Gasteiger partial charge in [-0.2, -0.15) is 0 Å². The molecule has 6 heteroatoms. The number of hydrogen-bond acceptors (Lipinski definition) is 5. The van der Waals surface area contributed by atoms with Gasteiger partial charge in [0.05, 0.1) is 17.4 Å². The van der Waals surface area contributed by atoms with Gasteiger partial charge in [-0.05, 0) is 49.2 Å². The van der Waals surface area contributed by atoms with Crippen molar-refractivity contribution in [3.8, 4) is 5.75 Å². The van der Waals surface area contributed by atoms with Crippen molar-refractivity contribution in [3.63, 3.8) is 0 Å². The Kier molecular flexibility index (Phi) is 5.28. The van der Waals surface area contributed by atoms with Crippen LogP contribution in [0.2, 0.25) is 0 Å². The van der Waals surface area contributed by atoms with Crippen LogP contribution < -0.4 is 4.74 Å². The molecule has 126 valence electrons. The second-order valence-corrected chi connectivity index (χ2v) is 5.55. The highest BCUT2D eigenvalue weighted by atomic mass is 16.5. The Balaban J connectivity index is 1.47. The highest BCUT2D eigenvalue weighted by Crippen LogP contribution is 2.17. The summed E-state index contributed by atoms with van der Waals surface area (Å²) in [5.41, 5.74) is 0.791. The number of rotatable bonds is 7. The van der Waals surface area contributed by atoms with Gasteiger partial charge >= 0.3 is 5.97 Å². The first kappa shape index (κ1) is 16.3. The van der Waals surface area contributed by atoms with Gasteiger partial charge < -0.3 is 19.2 Å². The number of ketones is 1. The van der Waals surface area contributed by atoms with Crippen LogP contribution in [-0.2, 0) is 9.47 Å². The van der Waals surface area contributed by atoms with Crippen LogP contribution in [0.5, 0.6) is 5.75 Å². The molecule has 1 fully saturated rings. The molecule has 1 N–H and O–H groups in total. The monoisotopic (exact) mass is 329 g/mol. The predicted molar refractivity (Wildman–Crippen MR) is 86.3 cm³/mol. The van der Waals surface area contributed by atoms with Crippen molar-refractivity contribution in [2.45, 2.75) is 18.9 Å². The second-order valence-electron chi connectivity index (χ2n) is 5.55. The Labute approximate surface area is 139 Å². The van der Waals surface area contributed by atoms with E-state index in [4.69, 9.17) is 14.2 Å². The summed E-state index contributed by atoms with van der Waals surface area (Å²) in [4.78, 5) is 26.5. The summed E-state index contributed by atoms with van der Waals surface area (Å²) in [7, 11) is 0. The van der Waals surface area contributed by atoms with Gasteiger partial charge in [0.1, 0.15) is 12.4 Å². The zero-order chi connectivity index (χ0) is 16.8. The van der Waals surface area contributed by atoms with Crippen molar-refractivity contribution in [2.24, 2.45) is 0 Å². The second kappa shape index (κ2) is 7.79. The number of nitrogens with one attached hydrogen (secondary N) is 1. The van der Waals surface area contributed by atoms with Crippen LogP contribution in [0.4, 0.5) is 0 Å². The Morgan fingerprint density at radius 1 is 1.21 bits per heavy atom. The molecule has 0 amide bonds. The molecule has 0 spiro atoms.